The molecule has 2 rings (SSSR count). The molecule has 0 heterocycles. The Morgan fingerprint density at radius 2 is 1.81 bits per heavy atom. The van der Waals surface area contributed by atoms with Gasteiger partial charge < -0.3 is 14.8 Å². The van der Waals surface area contributed by atoms with Crippen LogP contribution in [0.4, 0.5) is 5.69 Å². The van der Waals surface area contributed by atoms with Crippen molar-refractivity contribution in [3.63, 3.8) is 0 Å². The van der Waals surface area contributed by atoms with Gasteiger partial charge >= 0.3 is 5.97 Å². The second-order valence-electron chi connectivity index (χ2n) is 6.17. The molecule has 0 aliphatic heterocycles. The molecular formula is C21H23NO5. The van der Waals surface area contributed by atoms with E-state index < -0.39 is 18.0 Å². The maximum Gasteiger partial charge on any atom is 0.310 e. The van der Waals surface area contributed by atoms with Gasteiger partial charge in [-0.3, -0.25) is 14.4 Å². The number of ether oxygens (including phenoxy) is 2. The van der Waals surface area contributed by atoms with Gasteiger partial charge in [-0.05, 0) is 50.6 Å². The molecule has 0 saturated carbocycles. The van der Waals surface area contributed by atoms with Gasteiger partial charge in [-0.25, -0.2) is 0 Å². The van der Waals surface area contributed by atoms with Crippen LogP contribution in [-0.4, -0.2) is 30.4 Å². The minimum absolute atomic E-state index is 0.0331. The molecule has 2 aromatic rings. The van der Waals surface area contributed by atoms with Crippen molar-refractivity contribution in [1.29, 1.82) is 0 Å². The van der Waals surface area contributed by atoms with Crippen molar-refractivity contribution in [2.75, 3.05) is 11.9 Å². The summed E-state index contributed by atoms with van der Waals surface area (Å²) in [5, 5.41) is 2.63. The Balaban J connectivity index is 1.78. The Hall–Kier alpha value is -3.15. The Morgan fingerprint density at radius 1 is 1.07 bits per heavy atom. The lowest BCUT2D eigenvalue weighted by molar-refractivity contribution is -0.153. The van der Waals surface area contributed by atoms with Crippen LogP contribution in [0.25, 0.3) is 0 Å². The summed E-state index contributed by atoms with van der Waals surface area (Å²) in [5.41, 5.74) is 2.03. The summed E-state index contributed by atoms with van der Waals surface area (Å²) in [6.45, 7) is 5.05. The molecular weight excluding hydrogens is 346 g/mol. The van der Waals surface area contributed by atoms with E-state index in [9.17, 15) is 14.4 Å². The van der Waals surface area contributed by atoms with E-state index in [1.54, 1.807) is 24.3 Å². The summed E-state index contributed by atoms with van der Waals surface area (Å²) in [4.78, 5) is 35.4. The van der Waals surface area contributed by atoms with Crippen molar-refractivity contribution in [1.82, 2.24) is 0 Å². The van der Waals surface area contributed by atoms with Crippen molar-refractivity contribution in [2.45, 2.75) is 33.3 Å². The van der Waals surface area contributed by atoms with Crippen molar-refractivity contribution in [2.24, 2.45) is 0 Å². The smallest absolute Gasteiger partial charge is 0.310 e. The average Bonchev–Trinajstić information content (AvgIpc) is 2.62. The molecule has 1 amide bonds. The highest BCUT2D eigenvalue weighted by Crippen LogP contribution is 2.14. The third-order valence-corrected chi connectivity index (χ3v) is 3.78. The number of aryl methyl sites for hydroxylation is 1. The van der Waals surface area contributed by atoms with Crippen LogP contribution in [-0.2, 0) is 14.3 Å². The highest BCUT2D eigenvalue weighted by molar-refractivity contribution is 5.98. The molecule has 0 bridgehead atoms. The number of ketones is 1. The SMILES string of the molecule is CC(=O)c1cccc(NC(=O)[C@@H](C)OC(=O)CCOc2cccc(C)c2)c1. The monoisotopic (exact) mass is 369 g/mol. The van der Waals surface area contributed by atoms with E-state index in [0.29, 0.717) is 17.0 Å². The van der Waals surface area contributed by atoms with Gasteiger partial charge in [-0.2, -0.15) is 0 Å². The van der Waals surface area contributed by atoms with Crippen LogP contribution >= 0.6 is 0 Å². The van der Waals surface area contributed by atoms with Crippen LogP contribution in [0.1, 0.15) is 36.2 Å². The molecule has 1 N–H and O–H groups in total. The minimum Gasteiger partial charge on any atom is -0.493 e. The van der Waals surface area contributed by atoms with Gasteiger partial charge in [0.1, 0.15) is 5.75 Å². The van der Waals surface area contributed by atoms with E-state index in [4.69, 9.17) is 9.47 Å². The van der Waals surface area contributed by atoms with Crippen molar-refractivity contribution < 1.29 is 23.9 Å². The van der Waals surface area contributed by atoms with E-state index in [1.807, 2.05) is 31.2 Å². The number of rotatable bonds is 8. The standard InChI is InChI=1S/C21H23NO5/c1-14-6-4-9-19(12-14)26-11-10-20(24)27-16(3)21(25)22-18-8-5-7-17(13-18)15(2)23/h4-9,12-13,16H,10-11H2,1-3H3,(H,22,25)/t16-/m1/s1. The summed E-state index contributed by atoms with van der Waals surface area (Å²) >= 11 is 0. The fourth-order valence-electron chi connectivity index (χ4n) is 2.33. The van der Waals surface area contributed by atoms with Gasteiger partial charge in [0.25, 0.3) is 5.91 Å². The van der Waals surface area contributed by atoms with E-state index >= 15 is 0 Å². The number of nitrogens with one attached hydrogen (secondary N) is 1. The highest BCUT2D eigenvalue weighted by Gasteiger charge is 2.18. The van der Waals surface area contributed by atoms with Gasteiger partial charge in [0.05, 0.1) is 13.0 Å². The zero-order chi connectivity index (χ0) is 19.8. The zero-order valence-corrected chi connectivity index (χ0v) is 15.7. The third-order valence-electron chi connectivity index (χ3n) is 3.78. The van der Waals surface area contributed by atoms with Crippen molar-refractivity contribution >= 4 is 23.3 Å². The predicted molar refractivity (Wildman–Crippen MR) is 102 cm³/mol. The quantitative estimate of drug-likeness (QED) is 0.568. The predicted octanol–water partition coefficient (Wildman–Crippen LogP) is 3.54. The normalized spacial score (nSPS) is 11.4. The lowest BCUT2D eigenvalue weighted by Gasteiger charge is -2.14. The molecule has 0 fully saturated rings. The Bertz CT molecular complexity index is 831. The number of hydrogen-bond donors (Lipinski definition) is 1. The summed E-state index contributed by atoms with van der Waals surface area (Å²) in [6, 6.07) is 14.1. The number of carbonyl (C=O) groups excluding carboxylic acids is 3. The maximum atomic E-state index is 12.2. The van der Waals surface area contributed by atoms with Crippen LogP contribution in [0.5, 0.6) is 5.75 Å². The van der Waals surface area contributed by atoms with Gasteiger partial charge in [-0.15, -0.1) is 0 Å². The number of carbonyl (C=O) groups is 3. The highest BCUT2D eigenvalue weighted by atomic mass is 16.5. The largest absolute Gasteiger partial charge is 0.493 e. The number of anilines is 1. The molecule has 1 atom stereocenters. The van der Waals surface area contributed by atoms with E-state index in [-0.39, 0.29) is 18.8 Å². The van der Waals surface area contributed by atoms with E-state index in [2.05, 4.69) is 5.32 Å². The summed E-state index contributed by atoms with van der Waals surface area (Å²) in [6.07, 6.45) is -0.928. The number of benzene rings is 2. The molecule has 142 valence electrons. The molecule has 27 heavy (non-hydrogen) atoms. The first-order chi connectivity index (χ1) is 12.8. The molecule has 0 aliphatic rings. The maximum absolute atomic E-state index is 12.2. The second kappa shape index (κ2) is 9.52. The molecule has 0 saturated heterocycles. The third kappa shape index (κ3) is 6.58. The number of hydrogen-bond acceptors (Lipinski definition) is 5. The van der Waals surface area contributed by atoms with Gasteiger partial charge in [-0.1, -0.05) is 24.3 Å². The first-order valence-electron chi connectivity index (χ1n) is 8.66. The van der Waals surface area contributed by atoms with Crippen LogP contribution < -0.4 is 10.1 Å². The number of Topliss-reactive ketones (excluding diaryl/α,β-unsaturated/α-hetero) is 1. The first-order valence-corrected chi connectivity index (χ1v) is 8.66. The molecule has 0 spiro atoms. The second-order valence-corrected chi connectivity index (χ2v) is 6.17. The van der Waals surface area contributed by atoms with Gasteiger partial charge in [0.15, 0.2) is 11.9 Å². The fraction of sp³-hybridized carbons (Fsp3) is 0.286. The number of esters is 1. The summed E-state index contributed by atoms with van der Waals surface area (Å²) < 4.78 is 10.6. The lowest BCUT2D eigenvalue weighted by Crippen LogP contribution is -2.30. The Morgan fingerprint density at radius 3 is 2.52 bits per heavy atom. The van der Waals surface area contributed by atoms with Gasteiger partial charge in [0.2, 0.25) is 0 Å². The van der Waals surface area contributed by atoms with E-state index in [0.717, 1.165) is 5.56 Å². The molecule has 0 aromatic heterocycles. The van der Waals surface area contributed by atoms with E-state index in [1.165, 1.54) is 13.8 Å². The van der Waals surface area contributed by atoms with Crippen LogP contribution in [0, 0.1) is 6.92 Å². The Kier molecular flexibility index (Phi) is 7.11. The Labute approximate surface area is 158 Å². The lowest BCUT2D eigenvalue weighted by atomic mass is 10.1. The fourth-order valence-corrected chi connectivity index (χ4v) is 2.33. The molecule has 2 aromatic carbocycles. The van der Waals surface area contributed by atoms with Crippen molar-refractivity contribution in [3.8, 4) is 5.75 Å². The summed E-state index contributed by atoms with van der Waals surface area (Å²) in [7, 11) is 0. The molecule has 0 radical (unpaired) electrons. The molecule has 0 unspecified atom stereocenters. The van der Waals surface area contributed by atoms with Crippen LogP contribution in [0.3, 0.4) is 0 Å². The average molecular weight is 369 g/mol. The molecule has 0 aliphatic carbocycles. The molecule has 6 nitrogen and oxygen atoms in total. The topological polar surface area (TPSA) is 81.7 Å². The zero-order valence-electron chi connectivity index (χ0n) is 15.7. The van der Waals surface area contributed by atoms with Crippen LogP contribution in [0.2, 0.25) is 0 Å². The first kappa shape index (κ1) is 20.2. The summed E-state index contributed by atoms with van der Waals surface area (Å²) in [5.74, 6) is -0.412. The van der Waals surface area contributed by atoms with Crippen molar-refractivity contribution in [3.05, 3.63) is 59.7 Å². The van der Waals surface area contributed by atoms with Crippen LogP contribution in [0.15, 0.2) is 48.5 Å². The molecule has 6 heteroatoms. The van der Waals surface area contributed by atoms with Gasteiger partial charge in [0, 0.05) is 11.3 Å². The minimum atomic E-state index is -0.961. The number of amides is 1.